The van der Waals surface area contributed by atoms with Crippen LogP contribution in [0.2, 0.25) is 0 Å². The van der Waals surface area contributed by atoms with E-state index < -0.39 is 0 Å². The Kier molecular flexibility index (Phi) is 4.50. The zero-order valence-electron chi connectivity index (χ0n) is 10.7. The molecular formula is C15H13N3O2. The minimum atomic E-state index is -0.0789. The lowest BCUT2D eigenvalue weighted by Crippen LogP contribution is -2.01. The van der Waals surface area contributed by atoms with Crippen LogP contribution in [0.3, 0.4) is 0 Å². The Morgan fingerprint density at radius 2 is 1.50 bits per heavy atom. The van der Waals surface area contributed by atoms with Crippen LogP contribution in [0.25, 0.3) is 10.4 Å². The Morgan fingerprint density at radius 3 is 1.95 bits per heavy atom. The molecule has 0 aliphatic carbocycles. The van der Waals surface area contributed by atoms with Gasteiger partial charge in [-0.15, -0.1) is 0 Å². The summed E-state index contributed by atoms with van der Waals surface area (Å²) in [5, 5.41) is 12.4. The molecule has 0 fully saturated rings. The molecule has 0 aliphatic rings. The Balaban J connectivity index is 2.17. The Bertz CT molecular complexity index is 642. The third-order valence-corrected chi connectivity index (χ3v) is 2.93. The van der Waals surface area contributed by atoms with Crippen molar-refractivity contribution in [2.24, 2.45) is 5.11 Å². The summed E-state index contributed by atoms with van der Waals surface area (Å²) in [6.07, 6.45) is 0. The summed E-state index contributed by atoms with van der Waals surface area (Å²) in [5.41, 5.74) is 11.0. The third-order valence-electron chi connectivity index (χ3n) is 2.93. The van der Waals surface area contributed by atoms with Crippen molar-refractivity contribution < 1.29 is 9.90 Å². The van der Waals surface area contributed by atoms with Gasteiger partial charge in [0, 0.05) is 16.0 Å². The molecule has 0 unspecified atom stereocenters. The molecule has 20 heavy (non-hydrogen) atoms. The maximum Gasteiger partial charge on any atom is 0.193 e. The molecule has 100 valence electrons. The fraction of sp³-hybridized carbons (Fsp3) is 0.133. The number of hydrogen-bond donors (Lipinski definition) is 1. The third kappa shape index (κ3) is 3.23. The normalized spacial score (nSPS) is 9.85. The molecule has 1 N–H and O–H groups in total. The van der Waals surface area contributed by atoms with Gasteiger partial charge in [0.2, 0.25) is 0 Å². The van der Waals surface area contributed by atoms with E-state index in [1.165, 1.54) is 0 Å². The smallest absolute Gasteiger partial charge is 0.193 e. The summed E-state index contributed by atoms with van der Waals surface area (Å²) < 4.78 is 0. The monoisotopic (exact) mass is 267 g/mol. The molecule has 0 spiro atoms. The van der Waals surface area contributed by atoms with Crippen molar-refractivity contribution in [1.29, 1.82) is 0 Å². The molecule has 0 bridgehead atoms. The van der Waals surface area contributed by atoms with Crippen molar-refractivity contribution >= 4 is 5.78 Å². The van der Waals surface area contributed by atoms with Gasteiger partial charge in [-0.05, 0) is 16.7 Å². The highest BCUT2D eigenvalue weighted by atomic mass is 16.3. The van der Waals surface area contributed by atoms with Crippen molar-refractivity contribution in [3.05, 3.63) is 81.2 Å². The van der Waals surface area contributed by atoms with Crippen LogP contribution < -0.4 is 0 Å². The SMILES string of the molecule is [N-]=[N+]=NCc1ccc(C(=O)c2ccc(CO)cc2)cc1. The number of ketones is 1. The number of rotatable bonds is 5. The van der Waals surface area contributed by atoms with E-state index in [9.17, 15) is 4.79 Å². The molecule has 2 aromatic carbocycles. The van der Waals surface area contributed by atoms with Crippen LogP contribution in [-0.4, -0.2) is 10.9 Å². The van der Waals surface area contributed by atoms with Crippen LogP contribution in [0.4, 0.5) is 0 Å². The van der Waals surface area contributed by atoms with E-state index in [0.717, 1.165) is 11.1 Å². The van der Waals surface area contributed by atoms with Crippen molar-refractivity contribution in [2.45, 2.75) is 13.2 Å². The van der Waals surface area contributed by atoms with Gasteiger partial charge < -0.3 is 5.11 Å². The van der Waals surface area contributed by atoms with Crippen molar-refractivity contribution in [3.8, 4) is 0 Å². The Morgan fingerprint density at radius 1 is 1.00 bits per heavy atom. The second kappa shape index (κ2) is 6.52. The zero-order chi connectivity index (χ0) is 14.4. The molecule has 0 aromatic heterocycles. The molecule has 0 amide bonds. The van der Waals surface area contributed by atoms with E-state index in [2.05, 4.69) is 10.0 Å². The highest BCUT2D eigenvalue weighted by Gasteiger charge is 2.08. The average molecular weight is 267 g/mol. The van der Waals surface area contributed by atoms with Gasteiger partial charge in [0.05, 0.1) is 13.2 Å². The van der Waals surface area contributed by atoms with E-state index in [0.29, 0.717) is 11.1 Å². The van der Waals surface area contributed by atoms with Crippen molar-refractivity contribution in [3.63, 3.8) is 0 Å². The molecule has 0 saturated carbocycles. The molecule has 0 heterocycles. The van der Waals surface area contributed by atoms with E-state index >= 15 is 0 Å². The lowest BCUT2D eigenvalue weighted by Gasteiger charge is -2.03. The number of aliphatic hydroxyl groups excluding tert-OH is 1. The number of hydrogen-bond acceptors (Lipinski definition) is 3. The number of carbonyl (C=O) groups excluding carboxylic acids is 1. The fourth-order valence-corrected chi connectivity index (χ4v) is 1.80. The first kappa shape index (κ1) is 13.8. The van der Waals surface area contributed by atoms with Gasteiger partial charge in [-0.3, -0.25) is 4.79 Å². The molecule has 0 atom stereocenters. The summed E-state index contributed by atoms with van der Waals surface area (Å²) in [6, 6.07) is 13.8. The number of carbonyl (C=O) groups is 1. The minimum Gasteiger partial charge on any atom is -0.392 e. The summed E-state index contributed by atoms with van der Waals surface area (Å²) in [5.74, 6) is -0.0789. The van der Waals surface area contributed by atoms with Gasteiger partial charge in [-0.2, -0.15) is 0 Å². The number of azide groups is 1. The Hall–Kier alpha value is -2.62. The first-order valence-electron chi connectivity index (χ1n) is 6.09. The van der Waals surface area contributed by atoms with Crippen molar-refractivity contribution in [2.75, 3.05) is 0 Å². The molecule has 5 nitrogen and oxygen atoms in total. The predicted molar refractivity (Wildman–Crippen MR) is 75.1 cm³/mol. The van der Waals surface area contributed by atoms with Crippen LogP contribution in [0.5, 0.6) is 0 Å². The van der Waals surface area contributed by atoms with E-state index in [1.807, 2.05) is 0 Å². The van der Waals surface area contributed by atoms with Gasteiger partial charge >= 0.3 is 0 Å². The zero-order valence-corrected chi connectivity index (χ0v) is 10.7. The molecule has 2 aromatic rings. The van der Waals surface area contributed by atoms with E-state index in [1.54, 1.807) is 48.5 Å². The first-order valence-corrected chi connectivity index (χ1v) is 6.09. The van der Waals surface area contributed by atoms with Crippen LogP contribution in [-0.2, 0) is 13.2 Å². The van der Waals surface area contributed by atoms with Crippen LogP contribution >= 0.6 is 0 Å². The van der Waals surface area contributed by atoms with Crippen LogP contribution in [0, 0.1) is 0 Å². The second-order valence-electron chi connectivity index (χ2n) is 4.27. The fourth-order valence-electron chi connectivity index (χ4n) is 1.80. The number of benzene rings is 2. The maximum absolute atomic E-state index is 12.2. The molecule has 0 saturated heterocycles. The largest absolute Gasteiger partial charge is 0.392 e. The van der Waals surface area contributed by atoms with E-state index in [4.69, 9.17) is 10.6 Å². The Labute approximate surface area is 116 Å². The first-order chi connectivity index (χ1) is 9.74. The molecule has 2 rings (SSSR count). The molecular weight excluding hydrogens is 254 g/mol. The van der Waals surface area contributed by atoms with Crippen LogP contribution in [0.15, 0.2) is 53.6 Å². The lowest BCUT2D eigenvalue weighted by atomic mass is 10.0. The average Bonchev–Trinajstić information content (AvgIpc) is 2.53. The topological polar surface area (TPSA) is 86.1 Å². The predicted octanol–water partition coefficient (Wildman–Crippen LogP) is 3.22. The molecule has 0 aliphatic heterocycles. The molecule has 0 radical (unpaired) electrons. The van der Waals surface area contributed by atoms with Crippen molar-refractivity contribution in [1.82, 2.24) is 0 Å². The lowest BCUT2D eigenvalue weighted by molar-refractivity contribution is 0.103. The maximum atomic E-state index is 12.2. The van der Waals surface area contributed by atoms with Crippen LogP contribution in [0.1, 0.15) is 27.0 Å². The van der Waals surface area contributed by atoms with Gasteiger partial charge in [-0.25, -0.2) is 0 Å². The quantitative estimate of drug-likeness (QED) is 0.390. The van der Waals surface area contributed by atoms with Gasteiger partial charge in [-0.1, -0.05) is 53.6 Å². The van der Waals surface area contributed by atoms with Gasteiger partial charge in [0.15, 0.2) is 5.78 Å². The minimum absolute atomic E-state index is 0.0391. The van der Waals surface area contributed by atoms with Gasteiger partial charge in [0.25, 0.3) is 0 Å². The second-order valence-corrected chi connectivity index (χ2v) is 4.27. The number of aliphatic hydroxyl groups is 1. The van der Waals surface area contributed by atoms with Gasteiger partial charge in [0.1, 0.15) is 0 Å². The summed E-state index contributed by atoms with van der Waals surface area (Å²) in [7, 11) is 0. The highest BCUT2D eigenvalue weighted by molar-refractivity contribution is 6.08. The summed E-state index contributed by atoms with van der Waals surface area (Å²) >= 11 is 0. The molecule has 5 heteroatoms. The summed E-state index contributed by atoms with van der Waals surface area (Å²) in [6.45, 7) is 0.235. The standard InChI is InChI=1S/C15H13N3O2/c16-18-17-9-11-1-5-13(6-2-11)15(20)14-7-3-12(10-19)4-8-14/h1-8,19H,9-10H2. The van der Waals surface area contributed by atoms with E-state index in [-0.39, 0.29) is 18.9 Å². The highest BCUT2D eigenvalue weighted by Crippen LogP contribution is 2.13. The summed E-state index contributed by atoms with van der Waals surface area (Å²) in [4.78, 5) is 14.9. The number of nitrogens with zero attached hydrogens (tertiary/aromatic N) is 3.